The molecule has 4 aromatic rings. The van der Waals surface area contributed by atoms with Crippen LogP contribution in [-0.2, 0) is 6.18 Å². The fourth-order valence-corrected chi connectivity index (χ4v) is 8.35. The molecule has 10 nitrogen and oxygen atoms in total. The number of methoxy groups -OCH3 is 1. The predicted octanol–water partition coefficient (Wildman–Crippen LogP) is 6.04. The van der Waals surface area contributed by atoms with Gasteiger partial charge < -0.3 is 30.3 Å². The molecule has 258 valence electrons. The molecule has 0 saturated carbocycles. The van der Waals surface area contributed by atoms with Gasteiger partial charge in [0.1, 0.15) is 40.1 Å². The van der Waals surface area contributed by atoms with Crippen molar-refractivity contribution >= 4 is 43.1 Å². The third-order valence-corrected chi connectivity index (χ3v) is 10.8. The lowest BCUT2D eigenvalue weighted by Gasteiger charge is -2.40. The van der Waals surface area contributed by atoms with Crippen LogP contribution in [0.25, 0.3) is 32.2 Å². The molecule has 3 saturated heterocycles. The van der Waals surface area contributed by atoms with Crippen molar-refractivity contribution in [2.24, 2.45) is 5.41 Å². The van der Waals surface area contributed by atoms with E-state index in [4.69, 9.17) is 20.2 Å². The van der Waals surface area contributed by atoms with E-state index >= 15 is 4.39 Å². The SMILES string of the molecule is COc1nc(-c2c(C(F)(F)F)ccc3sc(N)c(C#N)c23)c(F)c2nc(OC[C@]3(C)CN(C)CC/C3=C\F)nc(N3C[C@H]4CC[C@@H](C3)N4)c12. The number of hydrogen-bond donors (Lipinski definition) is 2. The van der Waals surface area contributed by atoms with Crippen LogP contribution in [0.2, 0.25) is 0 Å². The number of benzene rings is 1. The maximum Gasteiger partial charge on any atom is 0.417 e. The van der Waals surface area contributed by atoms with Crippen molar-refractivity contribution in [3.8, 4) is 29.2 Å². The summed E-state index contributed by atoms with van der Waals surface area (Å²) in [6.45, 7) is 4.00. The van der Waals surface area contributed by atoms with Crippen LogP contribution >= 0.6 is 11.3 Å². The van der Waals surface area contributed by atoms with Gasteiger partial charge in [0.25, 0.3) is 0 Å². The quantitative estimate of drug-likeness (QED) is 0.230. The number of nitrogens with one attached hydrogen (secondary N) is 1. The van der Waals surface area contributed by atoms with Crippen LogP contribution < -0.4 is 25.4 Å². The summed E-state index contributed by atoms with van der Waals surface area (Å²) in [5.74, 6) is -1.12. The molecule has 3 aliphatic rings. The number of ether oxygens (including phenoxy) is 2. The average molecular weight is 701 g/mol. The number of fused-ring (bicyclic) bond motifs is 4. The number of nitrogens with zero attached hydrogens (tertiary/aromatic N) is 6. The van der Waals surface area contributed by atoms with Gasteiger partial charge in [0, 0.05) is 59.3 Å². The van der Waals surface area contributed by atoms with Gasteiger partial charge >= 0.3 is 12.2 Å². The van der Waals surface area contributed by atoms with Crippen molar-refractivity contribution in [1.82, 2.24) is 25.2 Å². The molecule has 0 aliphatic carbocycles. The van der Waals surface area contributed by atoms with Crippen LogP contribution in [0.5, 0.6) is 11.9 Å². The third kappa shape index (κ3) is 5.67. The zero-order valence-electron chi connectivity index (χ0n) is 26.9. The molecule has 0 amide bonds. The lowest BCUT2D eigenvalue weighted by Crippen LogP contribution is -2.51. The molecule has 3 fully saturated rings. The summed E-state index contributed by atoms with van der Waals surface area (Å²) in [6.07, 6.45) is -2.00. The van der Waals surface area contributed by atoms with E-state index in [1.54, 1.807) is 0 Å². The number of piperazine rings is 1. The molecule has 6 heterocycles. The number of halogens is 5. The van der Waals surface area contributed by atoms with Gasteiger partial charge in [0.15, 0.2) is 5.82 Å². The molecule has 7 rings (SSSR count). The Balaban J connectivity index is 1.47. The molecular weight excluding hydrogens is 667 g/mol. The minimum absolute atomic E-state index is 0.0107. The number of nitrogens with two attached hydrogens (primary N) is 1. The van der Waals surface area contributed by atoms with E-state index in [9.17, 15) is 22.8 Å². The Labute approximate surface area is 282 Å². The first-order valence-electron chi connectivity index (χ1n) is 15.7. The zero-order valence-corrected chi connectivity index (χ0v) is 27.7. The molecule has 2 bridgehead atoms. The molecular formula is C33H33F5N8O2S. The number of hydrogen-bond acceptors (Lipinski definition) is 11. The van der Waals surface area contributed by atoms with Gasteiger partial charge in [-0.15, -0.1) is 11.3 Å². The van der Waals surface area contributed by atoms with E-state index in [0.29, 0.717) is 44.5 Å². The molecule has 0 radical (unpaired) electrons. The van der Waals surface area contributed by atoms with Crippen LogP contribution in [0.1, 0.15) is 37.3 Å². The number of nitrogen functional groups attached to an aromatic ring is 1. The van der Waals surface area contributed by atoms with Crippen molar-refractivity contribution in [3.63, 3.8) is 0 Å². The Kier molecular flexibility index (Phi) is 8.27. The number of piperidine rings is 1. The molecule has 49 heavy (non-hydrogen) atoms. The standard InChI is InChI=1S/C33H33F5N8O2S/c1-32(14-45(2)9-8-16(32)10-34)15-48-31-43-27-24(29(44-31)46-12-17-4-5-18(13-46)41-17)30(47-3)42-26(25(27)35)23-20(33(36,37)38)6-7-21-22(23)19(11-39)28(40)49-21/h6-7,10,17-18,41H,4-5,8-9,12-15,40H2,1-3H3/b16-10+/t17-,18+,32-/m0/s1. The number of anilines is 2. The van der Waals surface area contributed by atoms with Gasteiger partial charge in [-0.05, 0) is 44.0 Å². The second-order valence-corrected chi connectivity index (χ2v) is 14.2. The van der Waals surface area contributed by atoms with E-state index < -0.39 is 34.2 Å². The second-order valence-electron chi connectivity index (χ2n) is 13.2. The number of thiophene rings is 1. The lowest BCUT2D eigenvalue weighted by atomic mass is 9.78. The van der Waals surface area contributed by atoms with Gasteiger partial charge in [0.2, 0.25) is 5.88 Å². The molecule has 3 aliphatic heterocycles. The van der Waals surface area contributed by atoms with E-state index in [-0.39, 0.29) is 68.0 Å². The van der Waals surface area contributed by atoms with Gasteiger partial charge in [0.05, 0.1) is 24.6 Å². The maximum atomic E-state index is 17.1. The Hall–Kier alpha value is -4.33. The predicted molar refractivity (Wildman–Crippen MR) is 176 cm³/mol. The highest BCUT2D eigenvalue weighted by Crippen LogP contribution is 2.48. The number of likely N-dealkylation sites (tertiary alicyclic amines) is 1. The normalized spacial score (nSPS) is 23.8. The van der Waals surface area contributed by atoms with Crippen LogP contribution in [0, 0.1) is 22.6 Å². The monoisotopic (exact) mass is 700 g/mol. The number of rotatable bonds is 6. The first kappa shape index (κ1) is 33.2. The summed E-state index contributed by atoms with van der Waals surface area (Å²) in [5.41, 5.74) is 2.69. The minimum Gasteiger partial charge on any atom is -0.480 e. The zero-order chi connectivity index (χ0) is 34.8. The fraction of sp³-hybridized carbons (Fsp3) is 0.455. The van der Waals surface area contributed by atoms with Crippen molar-refractivity contribution < 1.29 is 31.4 Å². The van der Waals surface area contributed by atoms with Crippen molar-refractivity contribution in [2.75, 3.05) is 57.6 Å². The Morgan fingerprint density at radius 1 is 1.18 bits per heavy atom. The largest absolute Gasteiger partial charge is 0.480 e. The summed E-state index contributed by atoms with van der Waals surface area (Å²) in [4.78, 5) is 17.5. The van der Waals surface area contributed by atoms with Crippen molar-refractivity contribution in [1.29, 1.82) is 5.26 Å². The van der Waals surface area contributed by atoms with Crippen LogP contribution in [0.4, 0.5) is 32.8 Å². The molecule has 0 spiro atoms. The Bertz CT molecular complexity index is 2030. The van der Waals surface area contributed by atoms with Gasteiger partial charge in [-0.25, -0.2) is 13.8 Å². The van der Waals surface area contributed by atoms with Gasteiger partial charge in [-0.2, -0.15) is 28.4 Å². The van der Waals surface area contributed by atoms with Crippen LogP contribution in [-0.4, -0.2) is 78.9 Å². The molecule has 3 aromatic heterocycles. The summed E-state index contributed by atoms with van der Waals surface area (Å²) < 4.78 is 86.9. The summed E-state index contributed by atoms with van der Waals surface area (Å²) in [5, 5.41) is 13.3. The Morgan fingerprint density at radius 2 is 1.92 bits per heavy atom. The first-order valence-corrected chi connectivity index (χ1v) is 16.6. The van der Waals surface area contributed by atoms with E-state index in [1.807, 2.05) is 29.8 Å². The smallest absolute Gasteiger partial charge is 0.417 e. The van der Waals surface area contributed by atoms with Crippen LogP contribution in [0.15, 0.2) is 24.0 Å². The molecule has 0 unspecified atom stereocenters. The summed E-state index contributed by atoms with van der Waals surface area (Å²) >= 11 is 0.916. The molecule has 1 aromatic carbocycles. The van der Waals surface area contributed by atoms with Crippen molar-refractivity contribution in [2.45, 2.75) is 44.4 Å². The van der Waals surface area contributed by atoms with Gasteiger partial charge in [-0.3, -0.25) is 0 Å². The van der Waals surface area contributed by atoms with Crippen LogP contribution in [0.3, 0.4) is 0 Å². The molecule has 3 N–H and O–H groups in total. The first-order chi connectivity index (χ1) is 23.3. The van der Waals surface area contributed by atoms with E-state index in [2.05, 4.69) is 15.3 Å². The fourth-order valence-electron chi connectivity index (χ4n) is 7.42. The third-order valence-electron chi connectivity index (χ3n) is 9.77. The summed E-state index contributed by atoms with van der Waals surface area (Å²) in [6, 6.07) is 3.95. The highest BCUT2D eigenvalue weighted by molar-refractivity contribution is 7.23. The Morgan fingerprint density at radius 3 is 2.57 bits per heavy atom. The molecule has 16 heteroatoms. The average Bonchev–Trinajstić information content (AvgIpc) is 3.58. The summed E-state index contributed by atoms with van der Waals surface area (Å²) in [7, 11) is 3.19. The van der Waals surface area contributed by atoms with Gasteiger partial charge in [-0.1, -0.05) is 6.92 Å². The highest BCUT2D eigenvalue weighted by atomic mass is 32.1. The molecule has 3 atom stereocenters. The maximum absolute atomic E-state index is 17.1. The second kappa shape index (κ2) is 12.2. The highest BCUT2D eigenvalue weighted by Gasteiger charge is 2.40. The lowest BCUT2D eigenvalue weighted by molar-refractivity contribution is -0.137. The number of nitriles is 1. The number of aromatic nitrogens is 3. The number of pyridine rings is 1. The van der Waals surface area contributed by atoms with E-state index in [1.165, 1.54) is 13.2 Å². The van der Waals surface area contributed by atoms with E-state index in [0.717, 1.165) is 30.2 Å². The minimum atomic E-state index is -4.95. The number of alkyl halides is 3. The topological polar surface area (TPSA) is 125 Å². The van der Waals surface area contributed by atoms with Crippen molar-refractivity contribution in [3.05, 3.63) is 41.0 Å².